The molecule has 0 unspecified atom stereocenters. The number of nitrogens with zero attached hydrogens (tertiary/aromatic N) is 1. The third-order valence-electron chi connectivity index (χ3n) is 3.21. The monoisotopic (exact) mass is 328 g/mol. The molecule has 7 heteroatoms. The number of aliphatic hydroxyl groups excluding tert-OH is 1. The highest BCUT2D eigenvalue weighted by Crippen LogP contribution is 2.23. The Labute approximate surface area is 134 Å². The first kappa shape index (κ1) is 18.4. The average molecular weight is 329 g/mol. The van der Waals surface area contributed by atoms with Crippen LogP contribution in [0.4, 0.5) is 5.69 Å². The van der Waals surface area contributed by atoms with Crippen LogP contribution in [0, 0.1) is 15.5 Å². The summed E-state index contributed by atoms with van der Waals surface area (Å²) >= 11 is 5.96. The summed E-state index contributed by atoms with van der Waals surface area (Å²) < 4.78 is 0. The summed E-state index contributed by atoms with van der Waals surface area (Å²) in [7, 11) is 0. The van der Waals surface area contributed by atoms with Crippen molar-refractivity contribution >= 4 is 23.2 Å². The number of aliphatic hydroxyl groups is 1. The third kappa shape index (κ3) is 5.99. The number of hydrogen-bond acceptors (Lipinski definition) is 4. The van der Waals surface area contributed by atoms with E-state index in [2.05, 4.69) is 5.32 Å². The van der Waals surface area contributed by atoms with Crippen molar-refractivity contribution in [2.45, 2.75) is 39.7 Å². The van der Waals surface area contributed by atoms with E-state index in [1.807, 2.05) is 13.8 Å². The summed E-state index contributed by atoms with van der Waals surface area (Å²) in [5.74, 6) is -0.213. The SMILES string of the molecule is C[C@@H](O)CC(C)(C)CNC(=O)Cc1ccc([N+](=O)[O-])cc1Cl. The van der Waals surface area contributed by atoms with Gasteiger partial charge in [-0.15, -0.1) is 0 Å². The van der Waals surface area contributed by atoms with E-state index in [4.69, 9.17) is 11.6 Å². The minimum atomic E-state index is -0.533. The molecule has 1 rings (SSSR count). The number of halogens is 1. The lowest BCUT2D eigenvalue weighted by Gasteiger charge is -2.26. The zero-order valence-corrected chi connectivity index (χ0v) is 13.7. The zero-order valence-electron chi connectivity index (χ0n) is 12.9. The molecular formula is C15H21ClN2O4. The molecule has 0 fully saturated rings. The number of carbonyl (C=O) groups excluding carboxylic acids is 1. The highest BCUT2D eigenvalue weighted by Gasteiger charge is 2.21. The third-order valence-corrected chi connectivity index (χ3v) is 3.56. The minimum Gasteiger partial charge on any atom is -0.393 e. The predicted octanol–water partition coefficient (Wildman–Crippen LogP) is 2.70. The normalized spacial score (nSPS) is 12.8. The first-order valence-electron chi connectivity index (χ1n) is 6.98. The molecule has 0 aromatic heterocycles. The molecule has 6 nitrogen and oxygen atoms in total. The topological polar surface area (TPSA) is 92.5 Å². The lowest BCUT2D eigenvalue weighted by atomic mass is 9.87. The van der Waals surface area contributed by atoms with Crippen LogP contribution in [0.2, 0.25) is 5.02 Å². The molecule has 0 radical (unpaired) electrons. The number of carbonyl (C=O) groups is 1. The number of amides is 1. The summed E-state index contributed by atoms with van der Waals surface area (Å²) in [5.41, 5.74) is 0.216. The van der Waals surface area contributed by atoms with Crippen molar-refractivity contribution in [3.63, 3.8) is 0 Å². The van der Waals surface area contributed by atoms with E-state index in [1.165, 1.54) is 18.2 Å². The maximum absolute atomic E-state index is 11.9. The van der Waals surface area contributed by atoms with Gasteiger partial charge in [0, 0.05) is 18.7 Å². The molecule has 0 saturated carbocycles. The van der Waals surface area contributed by atoms with Crippen molar-refractivity contribution in [1.82, 2.24) is 5.32 Å². The van der Waals surface area contributed by atoms with E-state index >= 15 is 0 Å². The molecule has 0 aliphatic rings. The smallest absolute Gasteiger partial charge is 0.270 e. The molecule has 2 N–H and O–H groups in total. The van der Waals surface area contributed by atoms with Crippen LogP contribution in [0.5, 0.6) is 0 Å². The van der Waals surface area contributed by atoms with Gasteiger partial charge in [-0.25, -0.2) is 0 Å². The Morgan fingerprint density at radius 2 is 2.14 bits per heavy atom. The quantitative estimate of drug-likeness (QED) is 0.594. The number of hydrogen-bond donors (Lipinski definition) is 2. The van der Waals surface area contributed by atoms with Gasteiger partial charge in [-0.05, 0) is 24.3 Å². The molecule has 1 amide bonds. The average Bonchev–Trinajstić information content (AvgIpc) is 2.37. The minimum absolute atomic E-state index is 0.0571. The van der Waals surface area contributed by atoms with Crippen molar-refractivity contribution in [3.05, 3.63) is 38.9 Å². The lowest BCUT2D eigenvalue weighted by Crippen LogP contribution is -2.36. The van der Waals surface area contributed by atoms with Crippen LogP contribution in [-0.2, 0) is 11.2 Å². The van der Waals surface area contributed by atoms with Gasteiger partial charge in [-0.3, -0.25) is 14.9 Å². The number of nitro groups is 1. The van der Waals surface area contributed by atoms with Crippen LogP contribution in [0.1, 0.15) is 32.8 Å². The Hall–Kier alpha value is -1.66. The summed E-state index contributed by atoms with van der Waals surface area (Å²) in [6.07, 6.45) is 0.198. The van der Waals surface area contributed by atoms with E-state index in [1.54, 1.807) is 6.92 Å². The first-order valence-corrected chi connectivity index (χ1v) is 7.36. The number of nitro benzene ring substituents is 1. The molecule has 1 atom stereocenters. The van der Waals surface area contributed by atoms with Crippen molar-refractivity contribution in [1.29, 1.82) is 0 Å². The van der Waals surface area contributed by atoms with Gasteiger partial charge in [-0.1, -0.05) is 31.5 Å². The second-order valence-corrected chi connectivity index (χ2v) is 6.61. The van der Waals surface area contributed by atoms with E-state index in [0.29, 0.717) is 18.5 Å². The molecule has 22 heavy (non-hydrogen) atoms. The number of rotatable bonds is 7. The molecule has 0 saturated heterocycles. The second-order valence-electron chi connectivity index (χ2n) is 6.20. The van der Waals surface area contributed by atoms with E-state index < -0.39 is 11.0 Å². The van der Waals surface area contributed by atoms with Gasteiger partial charge in [0.15, 0.2) is 0 Å². The largest absolute Gasteiger partial charge is 0.393 e. The van der Waals surface area contributed by atoms with Gasteiger partial charge in [0.2, 0.25) is 5.91 Å². The van der Waals surface area contributed by atoms with Crippen molar-refractivity contribution in [2.24, 2.45) is 5.41 Å². The first-order chi connectivity index (χ1) is 10.1. The Morgan fingerprint density at radius 1 is 1.50 bits per heavy atom. The van der Waals surface area contributed by atoms with Crippen molar-refractivity contribution in [3.8, 4) is 0 Å². The molecular weight excluding hydrogens is 308 g/mol. The fraction of sp³-hybridized carbons (Fsp3) is 0.533. The Balaban J connectivity index is 2.61. The maximum Gasteiger partial charge on any atom is 0.270 e. The highest BCUT2D eigenvalue weighted by molar-refractivity contribution is 6.31. The van der Waals surface area contributed by atoms with Crippen LogP contribution >= 0.6 is 11.6 Å². The van der Waals surface area contributed by atoms with Crippen LogP contribution < -0.4 is 5.32 Å². The molecule has 0 spiro atoms. The second kappa shape index (κ2) is 7.56. The summed E-state index contributed by atoms with van der Waals surface area (Å²) in [6, 6.07) is 4.05. The van der Waals surface area contributed by atoms with E-state index in [0.717, 1.165) is 0 Å². The summed E-state index contributed by atoms with van der Waals surface area (Å²) in [6.45, 7) is 6.05. The summed E-state index contributed by atoms with van der Waals surface area (Å²) in [4.78, 5) is 22.1. The number of nitrogens with one attached hydrogen (secondary N) is 1. The fourth-order valence-corrected chi connectivity index (χ4v) is 2.48. The van der Waals surface area contributed by atoms with Crippen molar-refractivity contribution < 1.29 is 14.8 Å². The standard InChI is InChI=1S/C15H21ClN2O4/c1-10(19)8-15(2,3)9-17-14(20)6-11-4-5-12(18(21)22)7-13(11)16/h4-5,7,10,19H,6,8-9H2,1-3H3,(H,17,20)/t10-/m1/s1. The molecule has 1 aromatic rings. The van der Waals surface area contributed by atoms with Gasteiger partial charge < -0.3 is 10.4 Å². The Morgan fingerprint density at radius 3 is 2.64 bits per heavy atom. The maximum atomic E-state index is 11.9. The predicted molar refractivity (Wildman–Crippen MR) is 84.9 cm³/mol. The van der Waals surface area contributed by atoms with Crippen LogP contribution in [0.15, 0.2) is 18.2 Å². The lowest BCUT2D eigenvalue weighted by molar-refractivity contribution is -0.384. The van der Waals surface area contributed by atoms with Crippen LogP contribution in [0.25, 0.3) is 0 Å². The van der Waals surface area contributed by atoms with Gasteiger partial charge in [-0.2, -0.15) is 0 Å². The highest BCUT2D eigenvalue weighted by atomic mass is 35.5. The van der Waals surface area contributed by atoms with Gasteiger partial charge in [0.05, 0.1) is 22.5 Å². The summed E-state index contributed by atoms with van der Waals surface area (Å²) in [5, 5.41) is 23.0. The molecule has 0 aliphatic heterocycles. The van der Waals surface area contributed by atoms with Gasteiger partial charge >= 0.3 is 0 Å². The molecule has 122 valence electrons. The van der Waals surface area contributed by atoms with Crippen LogP contribution in [-0.4, -0.2) is 28.6 Å². The zero-order chi connectivity index (χ0) is 16.9. The molecule has 0 aliphatic carbocycles. The molecule has 1 aromatic carbocycles. The fourth-order valence-electron chi connectivity index (χ4n) is 2.24. The Kier molecular flexibility index (Phi) is 6.32. The van der Waals surface area contributed by atoms with Crippen molar-refractivity contribution in [2.75, 3.05) is 6.54 Å². The molecule has 0 bridgehead atoms. The molecule has 0 heterocycles. The Bertz CT molecular complexity index is 558. The van der Waals surface area contributed by atoms with E-state index in [9.17, 15) is 20.0 Å². The number of benzene rings is 1. The number of non-ortho nitro benzene ring substituents is 1. The van der Waals surface area contributed by atoms with Gasteiger partial charge in [0.25, 0.3) is 5.69 Å². The van der Waals surface area contributed by atoms with Gasteiger partial charge in [0.1, 0.15) is 0 Å². The van der Waals surface area contributed by atoms with Crippen LogP contribution in [0.3, 0.4) is 0 Å². The van der Waals surface area contributed by atoms with E-state index in [-0.39, 0.29) is 28.5 Å².